The summed E-state index contributed by atoms with van der Waals surface area (Å²) in [5.74, 6) is -0.0163. The zero-order valence-corrected chi connectivity index (χ0v) is 16.9. The Balaban J connectivity index is 1.83. The van der Waals surface area contributed by atoms with Crippen LogP contribution in [0.5, 0.6) is 0 Å². The maximum absolute atomic E-state index is 13.5. The van der Waals surface area contributed by atoms with Crippen LogP contribution in [0.15, 0.2) is 66.9 Å². The van der Waals surface area contributed by atoms with Gasteiger partial charge in [0.1, 0.15) is 5.82 Å². The topological polar surface area (TPSA) is 25.2 Å². The van der Waals surface area contributed by atoms with Gasteiger partial charge < -0.3 is 9.47 Å². The number of aromatic nitrogens is 1. The van der Waals surface area contributed by atoms with Crippen molar-refractivity contribution in [3.8, 4) is 0 Å². The minimum absolute atomic E-state index is 0.0854. The van der Waals surface area contributed by atoms with Crippen LogP contribution in [0.3, 0.4) is 0 Å². The average molecular weight is 399 g/mol. The number of nitrogens with zero attached hydrogens (tertiary/aromatic N) is 2. The van der Waals surface area contributed by atoms with E-state index in [2.05, 4.69) is 13.8 Å². The first-order valence-corrected chi connectivity index (χ1v) is 9.74. The lowest BCUT2D eigenvalue weighted by Crippen LogP contribution is -2.34. The van der Waals surface area contributed by atoms with Crippen molar-refractivity contribution in [1.82, 2.24) is 9.47 Å². The van der Waals surface area contributed by atoms with Crippen LogP contribution in [0, 0.1) is 11.7 Å². The number of amides is 1. The summed E-state index contributed by atoms with van der Waals surface area (Å²) in [5, 5.41) is 0.455. The van der Waals surface area contributed by atoms with Crippen molar-refractivity contribution in [2.45, 2.75) is 26.9 Å². The van der Waals surface area contributed by atoms with E-state index in [1.807, 2.05) is 46.0 Å². The molecule has 0 bridgehead atoms. The third kappa shape index (κ3) is 5.02. The molecule has 1 aromatic heterocycles. The van der Waals surface area contributed by atoms with Crippen LogP contribution in [0.25, 0.3) is 0 Å². The predicted molar refractivity (Wildman–Crippen MR) is 111 cm³/mol. The second-order valence-corrected chi connectivity index (χ2v) is 7.72. The molecule has 1 amide bonds. The normalized spacial score (nSPS) is 11.0. The smallest absolute Gasteiger partial charge is 0.255 e. The Morgan fingerprint density at radius 1 is 1.11 bits per heavy atom. The molecule has 0 aliphatic heterocycles. The molecule has 1 heterocycles. The molecule has 3 nitrogen and oxygen atoms in total. The first-order chi connectivity index (χ1) is 13.4. The molecule has 3 rings (SSSR count). The lowest BCUT2D eigenvalue weighted by molar-refractivity contribution is 0.0719. The second kappa shape index (κ2) is 9.07. The summed E-state index contributed by atoms with van der Waals surface area (Å²) < 4.78 is 15.6. The molecule has 2 aromatic carbocycles. The van der Waals surface area contributed by atoms with Crippen molar-refractivity contribution in [1.29, 1.82) is 0 Å². The number of carbonyl (C=O) groups excluding carboxylic acids is 1. The summed E-state index contributed by atoms with van der Waals surface area (Å²) >= 11 is 6.25. The fourth-order valence-corrected chi connectivity index (χ4v) is 3.46. The van der Waals surface area contributed by atoms with Gasteiger partial charge in [-0.3, -0.25) is 4.79 Å². The third-order valence-electron chi connectivity index (χ3n) is 4.50. The summed E-state index contributed by atoms with van der Waals surface area (Å²) in [6, 6.07) is 17.6. The van der Waals surface area contributed by atoms with Gasteiger partial charge >= 0.3 is 0 Å². The third-order valence-corrected chi connectivity index (χ3v) is 4.82. The highest BCUT2D eigenvalue weighted by Crippen LogP contribution is 2.20. The second-order valence-electron chi connectivity index (χ2n) is 7.32. The van der Waals surface area contributed by atoms with E-state index >= 15 is 0 Å². The Morgan fingerprint density at radius 3 is 2.61 bits per heavy atom. The van der Waals surface area contributed by atoms with Gasteiger partial charge in [0.15, 0.2) is 0 Å². The van der Waals surface area contributed by atoms with Crippen LogP contribution in [-0.4, -0.2) is 21.9 Å². The molecule has 0 atom stereocenters. The summed E-state index contributed by atoms with van der Waals surface area (Å²) in [6.07, 6.45) is 1.95. The highest BCUT2D eigenvalue weighted by Gasteiger charge is 2.20. The van der Waals surface area contributed by atoms with Gasteiger partial charge in [0, 0.05) is 25.0 Å². The maximum Gasteiger partial charge on any atom is 0.255 e. The van der Waals surface area contributed by atoms with Crippen LogP contribution in [-0.2, 0) is 13.1 Å². The first-order valence-electron chi connectivity index (χ1n) is 9.36. The highest BCUT2D eigenvalue weighted by molar-refractivity contribution is 6.33. The molecule has 0 N–H and O–H groups in total. The van der Waals surface area contributed by atoms with E-state index in [1.165, 1.54) is 12.1 Å². The Bertz CT molecular complexity index is 951. The number of hydrogen-bond acceptors (Lipinski definition) is 1. The molecule has 0 fully saturated rings. The van der Waals surface area contributed by atoms with Gasteiger partial charge in [0.2, 0.25) is 0 Å². The SMILES string of the molecule is CC(C)CN(Cc1cccn1Cc1cccc(F)c1)C(=O)c1ccccc1Cl. The van der Waals surface area contributed by atoms with Gasteiger partial charge in [-0.05, 0) is 47.9 Å². The van der Waals surface area contributed by atoms with Gasteiger partial charge in [-0.1, -0.05) is 49.7 Å². The number of halogens is 2. The van der Waals surface area contributed by atoms with Crippen LogP contribution in [0.2, 0.25) is 5.02 Å². The van der Waals surface area contributed by atoms with Crippen LogP contribution in [0.1, 0.15) is 35.5 Å². The molecule has 0 spiro atoms. The summed E-state index contributed by atoms with van der Waals surface area (Å²) in [5.41, 5.74) is 2.38. The molecule has 5 heteroatoms. The van der Waals surface area contributed by atoms with Crippen molar-refractivity contribution in [2.75, 3.05) is 6.54 Å². The summed E-state index contributed by atoms with van der Waals surface area (Å²) in [4.78, 5) is 14.9. The number of carbonyl (C=O) groups is 1. The predicted octanol–water partition coefficient (Wildman–Crippen LogP) is 5.63. The van der Waals surface area contributed by atoms with E-state index in [0.717, 1.165) is 11.3 Å². The van der Waals surface area contributed by atoms with Crippen LogP contribution in [0.4, 0.5) is 4.39 Å². The minimum atomic E-state index is -0.249. The van der Waals surface area contributed by atoms with Crippen molar-refractivity contribution in [3.63, 3.8) is 0 Å². The van der Waals surface area contributed by atoms with Crippen LogP contribution >= 0.6 is 11.6 Å². The molecule has 0 saturated carbocycles. The number of rotatable bonds is 7. The van der Waals surface area contributed by atoms with E-state index in [-0.39, 0.29) is 11.7 Å². The maximum atomic E-state index is 13.5. The molecule has 28 heavy (non-hydrogen) atoms. The van der Waals surface area contributed by atoms with Gasteiger partial charge in [0.25, 0.3) is 5.91 Å². The van der Waals surface area contributed by atoms with Gasteiger partial charge in [-0.15, -0.1) is 0 Å². The van der Waals surface area contributed by atoms with Crippen LogP contribution < -0.4 is 0 Å². The largest absolute Gasteiger partial charge is 0.345 e. The van der Waals surface area contributed by atoms with Crippen molar-refractivity contribution < 1.29 is 9.18 Å². The standard InChI is InChI=1S/C23H24ClFN2O/c1-17(2)14-27(23(28)21-10-3-4-11-22(21)24)16-20-9-6-12-26(20)15-18-7-5-8-19(25)13-18/h3-13,17H,14-16H2,1-2H3. The van der Waals surface area contributed by atoms with E-state index in [4.69, 9.17) is 11.6 Å². The Kier molecular flexibility index (Phi) is 6.53. The fraction of sp³-hybridized carbons (Fsp3) is 0.261. The van der Waals surface area contributed by atoms with Crippen molar-refractivity contribution in [2.24, 2.45) is 5.92 Å². The zero-order valence-electron chi connectivity index (χ0n) is 16.1. The van der Waals surface area contributed by atoms with Gasteiger partial charge in [0.05, 0.1) is 17.1 Å². The fourth-order valence-electron chi connectivity index (χ4n) is 3.24. The monoisotopic (exact) mass is 398 g/mol. The Morgan fingerprint density at radius 2 is 1.89 bits per heavy atom. The average Bonchev–Trinajstić information content (AvgIpc) is 3.07. The van der Waals surface area contributed by atoms with Crippen molar-refractivity contribution in [3.05, 3.63) is 94.5 Å². The quantitative estimate of drug-likeness (QED) is 0.506. The molecule has 146 valence electrons. The minimum Gasteiger partial charge on any atom is -0.345 e. The Labute approximate surface area is 170 Å². The molecule has 0 saturated heterocycles. The van der Waals surface area contributed by atoms with E-state index < -0.39 is 0 Å². The summed E-state index contributed by atoms with van der Waals surface area (Å²) in [7, 11) is 0. The lowest BCUT2D eigenvalue weighted by Gasteiger charge is -2.26. The highest BCUT2D eigenvalue weighted by atomic mass is 35.5. The lowest BCUT2D eigenvalue weighted by atomic mass is 10.1. The molecule has 0 aliphatic carbocycles. The zero-order chi connectivity index (χ0) is 20.1. The number of benzene rings is 2. The van der Waals surface area contributed by atoms with Gasteiger partial charge in [-0.2, -0.15) is 0 Å². The molecule has 0 aliphatic rings. The molecule has 0 unspecified atom stereocenters. The van der Waals surface area contributed by atoms with E-state index in [9.17, 15) is 9.18 Å². The molecule has 0 radical (unpaired) electrons. The summed E-state index contributed by atoms with van der Waals surface area (Å²) in [6.45, 7) is 5.80. The van der Waals surface area contributed by atoms with E-state index in [1.54, 1.807) is 18.2 Å². The first kappa shape index (κ1) is 20.2. The Hall–Kier alpha value is -2.59. The molecular weight excluding hydrogens is 375 g/mol. The van der Waals surface area contributed by atoms with Crippen molar-refractivity contribution >= 4 is 17.5 Å². The van der Waals surface area contributed by atoms with Gasteiger partial charge in [-0.25, -0.2) is 4.39 Å². The molecule has 3 aromatic rings. The van der Waals surface area contributed by atoms with E-state index in [0.29, 0.717) is 36.1 Å². The molecular formula is C23H24ClFN2O. The number of hydrogen-bond donors (Lipinski definition) is 0.